The Morgan fingerprint density at radius 1 is 1.29 bits per heavy atom. The lowest BCUT2D eigenvalue weighted by molar-refractivity contribution is -0.124. The van der Waals surface area contributed by atoms with Crippen LogP contribution in [0.15, 0.2) is 18.2 Å². The first kappa shape index (κ1) is 14.6. The van der Waals surface area contributed by atoms with Crippen molar-refractivity contribution in [3.63, 3.8) is 0 Å². The number of fused-ring (bicyclic) bond motifs is 1. The molecule has 0 N–H and O–H groups in total. The second kappa shape index (κ2) is 5.48. The summed E-state index contributed by atoms with van der Waals surface area (Å²) in [6, 6.07) is 4.16. The molecule has 0 saturated carbocycles. The van der Waals surface area contributed by atoms with Gasteiger partial charge in [0, 0.05) is 11.6 Å². The Balaban J connectivity index is 2.06. The van der Waals surface area contributed by atoms with Crippen LogP contribution in [0, 0.1) is 5.92 Å². The van der Waals surface area contributed by atoms with Crippen LogP contribution in [-0.4, -0.2) is 42.6 Å². The van der Waals surface area contributed by atoms with Crippen molar-refractivity contribution in [1.82, 2.24) is 4.90 Å². The fourth-order valence-corrected chi connectivity index (χ4v) is 3.23. The highest BCUT2D eigenvalue weighted by Crippen LogP contribution is 2.36. The second-order valence-electron chi connectivity index (χ2n) is 5.05. The van der Waals surface area contributed by atoms with E-state index in [0.717, 1.165) is 4.90 Å². The van der Waals surface area contributed by atoms with Gasteiger partial charge in [-0.05, 0) is 25.1 Å². The summed E-state index contributed by atoms with van der Waals surface area (Å²) in [4.78, 5) is 28.1. The molecule has 2 unspecified atom stereocenters. The highest BCUT2D eigenvalue weighted by atomic mass is 35.5. The zero-order valence-corrected chi connectivity index (χ0v) is 12.9. The molecule has 0 radical (unpaired) electrons. The number of imide groups is 1. The van der Waals surface area contributed by atoms with Gasteiger partial charge in [0.1, 0.15) is 0 Å². The number of amides is 3. The number of carbonyl (C=O) groups excluding carboxylic acids is 2. The largest absolute Gasteiger partial charge is 0.378 e. The van der Waals surface area contributed by atoms with Crippen LogP contribution in [0.5, 0.6) is 0 Å². The van der Waals surface area contributed by atoms with Crippen LogP contribution in [0.3, 0.4) is 0 Å². The summed E-state index contributed by atoms with van der Waals surface area (Å²) in [7, 11) is 0. The van der Waals surface area contributed by atoms with Gasteiger partial charge in [-0.3, -0.25) is 4.79 Å². The highest BCUT2D eigenvalue weighted by Gasteiger charge is 2.49. The minimum Gasteiger partial charge on any atom is -0.378 e. The molecule has 2 fully saturated rings. The van der Waals surface area contributed by atoms with Gasteiger partial charge in [-0.1, -0.05) is 23.2 Å². The van der Waals surface area contributed by atoms with Crippen LogP contribution in [0.2, 0.25) is 10.0 Å². The summed E-state index contributed by atoms with van der Waals surface area (Å²) in [6.45, 7) is 3.10. The Hall–Kier alpha value is -1.30. The molecule has 112 valence electrons. The van der Waals surface area contributed by atoms with E-state index in [0.29, 0.717) is 35.5 Å². The molecule has 0 bridgehead atoms. The van der Waals surface area contributed by atoms with E-state index in [1.54, 1.807) is 17.0 Å². The number of likely N-dealkylation sites (N-methyl/N-ethyl adjacent to an activating group) is 1. The summed E-state index contributed by atoms with van der Waals surface area (Å²) in [5, 5.41) is 0.734. The van der Waals surface area contributed by atoms with Crippen LogP contribution in [0.1, 0.15) is 6.92 Å². The smallest absolute Gasteiger partial charge is 0.331 e. The number of halogens is 2. The number of rotatable bonds is 2. The minimum absolute atomic E-state index is 0.191. The van der Waals surface area contributed by atoms with Crippen molar-refractivity contribution in [2.45, 2.75) is 13.0 Å². The Labute approximate surface area is 132 Å². The lowest BCUT2D eigenvalue weighted by atomic mass is 9.97. The maximum Gasteiger partial charge on any atom is 0.331 e. The second-order valence-corrected chi connectivity index (χ2v) is 5.89. The standard InChI is InChI=1S/C14H14Cl2N2O3/c1-2-17-12-7-21-6-9(12)13(19)18(14(17)20)11-5-8(15)3-4-10(11)16/h3-5,9,12H,2,6-7H2,1H3. The number of carbonyl (C=O) groups is 2. The third-order valence-electron chi connectivity index (χ3n) is 3.92. The maximum absolute atomic E-state index is 12.6. The van der Waals surface area contributed by atoms with E-state index in [1.807, 2.05) is 6.92 Å². The Morgan fingerprint density at radius 2 is 2.05 bits per heavy atom. The SMILES string of the molecule is CCN1C(=O)N(c2cc(Cl)ccc2Cl)C(=O)C2COCC21. The van der Waals surface area contributed by atoms with Gasteiger partial charge in [-0.2, -0.15) is 0 Å². The molecular weight excluding hydrogens is 315 g/mol. The van der Waals surface area contributed by atoms with E-state index in [9.17, 15) is 9.59 Å². The third kappa shape index (κ3) is 2.29. The molecule has 2 saturated heterocycles. The summed E-state index contributed by atoms with van der Waals surface area (Å²) in [6.07, 6.45) is 0. The van der Waals surface area contributed by atoms with Gasteiger partial charge in [-0.15, -0.1) is 0 Å². The number of hydrogen-bond donors (Lipinski definition) is 0. The zero-order chi connectivity index (χ0) is 15.1. The van der Waals surface area contributed by atoms with Crippen LogP contribution < -0.4 is 4.90 Å². The number of hydrogen-bond acceptors (Lipinski definition) is 3. The predicted molar refractivity (Wildman–Crippen MR) is 79.8 cm³/mol. The monoisotopic (exact) mass is 328 g/mol. The molecule has 3 rings (SSSR count). The van der Waals surface area contributed by atoms with Gasteiger partial charge < -0.3 is 9.64 Å². The summed E-state index contributed by atoms with van der Waals surface area (Å²) >= 11 is 12.1. The summed E-state index contributed by atoms with van der Waals surface area (Å²) < 4.78 is 5.38. The number of benzene rings is 1. The van der Waals surface area contributed by atoms with Gasteiger partial charge in [0.15, 0.2) is 0 Å². The highest BCUT2D eigenvalue weighted by molar-refractivity contribution is 6.37. The first-order valence-corrected chi connectivity index (χ1v) is 7.47. The molecule has 3 amide bonds. The number of urea groups is 1. The van der Waals surface area contributed by atoms with Crippen LogP contribution in [-0.2, 0) is 9.53 Å². The maximum atomic E-state index is 12.6. The topological polar surface area (TPSA) is 49.9 Å². The van der Waals surface area contributed by atoms with E-state index in [4.69, 9.17) is 27.9 Å². The predicted octanol–water partition coefficient (Wildman–Crippen LogP) is 2.80. The average molecular weight is 329 g/mol. The lowest BCUT2D eigenvalue weighted by Gasteiger charge is -2.40. The van der Waals surface area contributed by atoms with Crippen molar-refractivity contribution in [2.24, 2.45) is 5.92 Å². The van der Waals surface area contributed by atoms with Gasteiger partial charge in [0.05, 0.1) is 35.9 Å². The van der Waals surface area contributed by atoms with Crippen LogP contribution in [0.4, 0.5) is 10.5 Å². The van der Waals surface area contributed by atoms with E-state index in [2.05, 4.69) is 0 Å². The first-order chi connectivity index (χ1) is 10.0. The van der Waals surface area contributed by atoms with E-state index in [1.165, 1.54) is 6.07 Å². The molecule has 2 atom stereocenters. The Morgan fingerprint density at radius 3 is 2.76 bits per heavy atom. The molecule has 2 aliphatic rings. The Bertz CT molecular complexity index is 608. The molecule has 1 aromatic carbocycles. The number of nitrogens with zero attached hydrogens (tertiary/aromatic N) is 2. The molecule has 2 heterocycles. The molecule has 1 aromatic rings. The van der Waals surface area contributed by atoms with Gasteiger partial charge in [0.2, 0.25) is 5.91 Å². The fourth-order valence-electron chi connectivity index (χ4n) is 2.87. The molecule has 0 aromatic heterocycles. The van der Waals surface area contributed by atoms with Crippen molar-refractivity contribution < 1.29 is 14.3 Å². The molecule has 21 heavy (non-hydrogen) atoms. The average Bonchev–Trinajstić information content (AvgIpc) is 2.93. The van der Waals surface area contributed by atoms with Crippen molar-refractivity contribution in [3.8, 4) is 0 Å². The normalized spacial score (nSPS) is 25.5. The van der Waals surface area contributed by atoms with Crippen molar-refractivity contribution in [2.75, 3.05) is 24.7 Å². The van der Waals surface area contributed by atoms with Crippen molar-refractivity contribution >= 4 is 40.8 Å². The zero-order valence-electron chi connectivity index (χ0n) is 11.4. The van der Waals surface area contributed by atoms with E-state index >= 15 is 0 Å². The molecule has 0 spiro atoms. The van der Waals surface area contributed by atoms with E-state index < -0.39 is 0 Å². The lowest BCUT2D eigenvalue weighted by Crippen LogP contribution is -2.61. The van der Waals surface area contributed by atoms with Crippen molar-refractivity contribution in [1.29, 1.82) is 0 Å². The van der Waals surface area contributed by atoms with Gasteiger partial charge in [-0.25, -0.2) is 9.69 Å². The van der Waals surface area contributed by atoms with Gasteiger partial charge >= 0.3 is 6.03 Å². The van der Waals surface area contributed by atoms with Crippen LogP contribution >= 0.6 is 23.2 Å². The number of ether oxygens (including phenoxy) is 1. The van der Waals surface area contributed by atoms with Crippen LogP contribution in [0.25, 0.3) is 0 Å². The third-order valence-corrected chi connectivity index (χ3v) is 4.47. The summed E-state index contributed by atoms with van der Waals surface area (Å²) in [5.41, 5.74) is 0.322. The minimum atomic E-state index is -0.376. The van der Waals surface area contributed by atoms with E-state index in [-0.39, 0.29) is 23.9 Å². The molecule has 0 aliphatic carbocycles. The molecule has 7 heteroatoms. The molecule has 2 aliphatic heterocycles. The Kier molecular flexibility index (Phi) is 3.82. The number of anilines is 1. The first-order valence-electron chi connectivity index (χ1n) is 6.72. The summed E-state index contributed by atoms with van der Waals surface area (Å²) in [5.74, 6) is -0.630. The molecule has 5 nitrogen and oxygen atoms in total. The fraction of sp³-hybridized carbons (Fsp3) is 0.429. The van der Waals surface area contributed by atoms with Gasteiger partial charge in [0.25, 0.3) is 0 Å². The molecular formula is C14H14Cl2N2O3. The van der Waals surface area contributed by atoms with Crippen molar-refractivity contribution in [3.05, 3.63) is 28.2 Å². The quantitative estimate of drug-likeness (QED) is 0.838.